The van der Waals surface area contributed by atoms with E-state index in [1.807, 2.05) is 6.92 Å². The van der Waals surface area contributed by atoms with Gasteiger partial charge in [-0.25, -0.2) is 0 Å². The first kappa shape index (κ1) is 22.4. The van der Waals surface area contributed by atoms with Gasteiger partial charge in [-0.3, -0.25) is 0 Å². The summed E-state index contributed by atoms with van der Waals surface area (Å²) in [5.74, 6) is 1.93. The molecule has 1 saturated carbocycles. The van der Waals surface area contributed by atoms with Crippen molar-refractivity contribution in [3.8, 4) is 0 Å². The van der Waals surface area contributed by atoms with Gasteiger partial charge in [0.1, 0.15) is 0 Å². The zero-order valence-corrected chi connectivity index (χ0v) is 18.3. The third-order valence-corrected chi connectivity index (χ3v) is 7.48. The number of hydrogen-bond acceptors (Lipinski definition) is 2. The Morgan fingerprint density at radius 1 is 1.33 bits per heavy atom. The van der Waals surface area contributed by atoms with Gasteiger partial charge in [0.15, 0.2) is 0 Å². The van der Waals surface area contributed by atoms with Gasteiger partial charge in [0.25, 0.3) is 0 Å². The molecule has 5 unspecified atom stereocenters. The lowest BCUT2D eigenvalue weighted by atomic mass is 9.68. The zero-order chi connectivity index (χ0) is 20.0. The minimum atomic E-state index is -0.294. The number of hydrogen-bond donors (Lipinski definition) is 2. The van der Waals surface area contributed by atoms with Crippen molar-refractivity contribution in [2.45, 2.75) is 92.1 Å². The predicted molar refractivity (Wildman–Crippen MR) is 116 cm³/mol. The molecule has 2 rings (SSSR count). The molecule has 0 saturated heterocycles. The van der Waals surface area contributed by atoms with Crippen LogP contribution in [0.4, 0.5) is 0 Å². The van der Waals surface area contributed by atoms with Crippen LogP contribution in [0.5, 0.6) is 0 Å². The topological polar surface area (TPSA) is 40.5 Å². The first-order valence-electron chi connectivity index (χ1n) is 11.0. The first-order chi connectivity index (χ1) is 12.8. The Morgan fingerprint density at radius 2 is 2.07 bits per heavy atom. The van der Waals surface area contributed by atoms with Gasteiger partial charge in [0, 0.05) is 0 Å². The molecular weight excluding hydrogens is 332 g/mol. The van der Waals surface area contributed by atoms with Crippen molar-refractivity contribution in [3.05, 3.63) is 34.9 Å². The van der Waals surface area contributed by atoms with E-state index in [9.17, 15) is 10.2 Å². The zero-order valence-electron chi connectivity index (χ0n) is 18.3. The van der Waals surface area contributed by atoms with Crippen molar-refractivity contribution in [2.24, 2.45) is 23.2 Å². The molecule has 2 N–H and O–H groups in total. The molecule has 2 aliphatic rings. The summed E-state index contributed by atoms with van der Waals surface area (Å²) < 4.78 is 0. The van der Waals surface area contributed by atoms with E-state index in [4.69, 9.17) is 0 Å². The maximum absolute atomic E-state index is 10.9. The molecule has 0 spiro atoms. The van der Waals surface area contributed by atoms with Gasteiger partial charge < -0.3 is 10.2 Å². The summed E-state index contributed by atoms with van der Waals surface area (Å²) in [7, 11) is 0. The summed E-state index contributed by atoms with van der Waals surface area (Å²) in [5, 5.41) is 20.1. The Hall–Kier alpha value is -0.860. The highest BCUT2D eigenvalue weighted by atomic mass is 16.3. The van der Waals surface area contributed by atoms with Crippen LogP contribution in [0.1, 0.15) is 86.0 Å². The maximum Gasteiger partial charge on any atom is 0.0750 e. The van der Waals surface area contributed by atoms with Gasteiger partial charge in [-0.2, -0.15) is 0 Å². The van der Waals surface area contributed by atoms with Crippen LogP contribution in [-0.2, 0) is 0 Å². The molecule has 0 radical (unpaired) electrons. The highest BCUT2D eigenvalue weighted by Crippen LogP contribution is 2.54. The molecule has 0 aromatic carbocycles. The minimum Gasteiger partial charge on any atom is -0.392 e. The Balaban J connectivity index is 2.17. The predicted octanol–water partition coefficient (Wildman–Crippen LogP) is 6.20. The maximum atomic E-state index is 10.9. The van der Waals surface area contributed by atoms with Crippen LogP contribution >= 0.6 is 0 Å². The second-order valence-corrected chi connectivity index (χ2v) is 9.72. The molecule has 2 nitrogen and oxygen atoms in total. The average molecular weight is 375 g/mol. The lowest BCUT2D eigenvalue weighted by Crippen LogP contribution is -2.31. The van der Waals surface area contributed by atoms with Gasteiger partial charge in [0.2, 0.25) is 0 Å². The molecule has 0 aromatic heterocycles. The van der Waals surface area contributed by atoms with Gasteiger partial charge in [-0.15, -0.1) is 0 Å². The fourth-order valence-corrected chi connectivity index (χ4v) is 5.26. The van der Waals surface area contributed by atoms with E-state index >= 15 is 0 Å². The molecule has 0 amide bonds. The van der Waals surface area contributed by atoms with Gasteiger partial charge in [-0.05, 0) is 101 Å². The van der Waals surface area contributed by atoms with Crippen molar-refractivity contribution in [1.29, 1.82) is 0 Å². The van der Waals surface area contributed by atoms with Crippen molar-refractivity contribution in [1.82, 2.24) is 0 Å². The normalized spacial score (nSPS) is 38.2. The van der Waals surface area contributed by atoms with E-state index in [-0.39, 0.29) is 12.7 Å². The molecule has 0 aromatic rings. The Morgan fingerprint density at radius 3 is 2.78 bits per heavy atom. The lowest BCUT2D eigenvalue weighted by molar-refractivity contribution is 0.0880. The SMILES string of the molecule is C/C1=C/CC2(C)CCC(C(C)CC/C=C(\C)CO)C2CC(O)/C(C)=C\CC1. The van der Waals surface area contributed by atoms with Crippen molar-refractivity contribution in [2.75, 3.05) is 6.61 Å². The minimum absolute atomic E-state index is 0.169. The van der Waals surface area contributed by atoms with Crippen LogP contribution in [0.3, 0.4) is 0 Å². The van der Waals surface area contributed by atoms with Gasteiger partial charge in [-0.1, -0.05) is 43.2 Å². The van der Waals surface area contributed by atoms with Crippen molar-refractivity contribution in [3.63, 3.8) is 0 Å². The van der Waals surface area contributed by atoms with Crippen LogP contribution in [-0.4, -0.2) is 22.9 Å². The molecule has 5 atom stereocenters. The largest absolute Gasteiger partial charge is 0.392 e. The molecule has 0 bridgehead atoms. The molecule has 27 heavy (non-hydrogen) atoms. The Bertz CT molecular complexity index is 571. The van der Waals surface area contributed by atoms with Crippen molar-refractivity contribution < 1.29 is 10.2 Å². The van der Waals surface area contributed by atoms with Gasteiger partial charge in [0.05, 0.1) is 12.7 Å². The summed E-state index contributed by atoms with van der Waals surface area (Å²) in [4.78, 5) is 0. The molecule has 2 aliphatic carbocycles. The fraction of sp³-hybridized carbons (Fsp3) is 0.760. The molecule has 1 fully saturated rings. The summed E-state index contributed by atoms with van der Waals surface area (Å²) in [6.45, 7) is 11.4. The van der Waals surface area contributed by atoms with Crippen LogP contribution in [0.15, 0.2) is 34.9 Å². The third kappa shape index (κ3) is 6.06. The van der Waals surface area contributed by atoms with E-state index in [2.05, 4.69) is 45.9 Å². The van der Waals surface area contributed by atoms with Crippen LogP contribution in [0, 0.1) is 23.2 Å². The lowest BCUT2D eigenvalue weighted by Gasteiger charge is -2.37. The van der Waals surface area contributed by atoms with E-state index in [1.165, 1.54) is 24.8 Å². The molecule has 154 valence electrons. The highest BCUT2D eigenvalue weighted by molar-refractivity contribution is 5.12. The quantitative estimate of drug-likeness (QED) is 0.562. The smallest absolute Gasteiger partial charge is 0.0750 e. The van der Waals surface area contributed by atoms with Crippen LogP contribution in [0.2, 0.25) is 0 Å². The second kappa shape index (κ2) is 10.1. The Labute approximate surface area is 167 Å². The Kier molecular flexibility index (Phi) is 8.37. The number of rotatable bonds is 5. The second-order valence-electron chi connectivity index (χ2n) is 9.72. The average Bonchev–Trinajstić information content (AvgIpc) is 2.95. The summed E-state index contributed by atoms with van der Waals surface area (Å²) in [6.07, 6.45) is 15.6. The first-order valence-corrected chi connectivity index (χ1v) is 11.0. The third-order valence-electron chi connectivity index (χ3n) is 7.48. The summed E-state index contributed by atoms with van der Waals surface area (Å²) in [6, 6.07) is 0. The van der Waals surface area contributed by atoms with E-state index in [0.29, 0.717) is 23.2 Å². The summed E-state index contributed by atoms with van der Waals surface area (Å²) in [5.41, 5.74) is 4.04. The van der Waals surface area contributed by atoms with E-state index < -0.39 is 0 Å². The molecular formula is C25H42O2. The highest BCUT2D eigenvalue weighted by Gasteiger charge is 2.46. The number of fused-ring (bicyclic) bond motifs is 1. The van der Waals surface area contributed by atoms with E-state index in [1.54, 1.807) is 0 Å². The summed E-state index contributed by atoms with van der Waals surface area (Å²) >= 11 is 0. The molecule has 0 heterocycles. The van der Waals surface area contributed by atoms with Crippen LogP contribution < -0.4 is 0 Å². The standard InChI is InChI=1S/C25H42O2/c1-18-8-6-11-21(4)24(27)16-23-22(13-15-25(23,5)14-12-18)20(3)10-7-9-19(2)17-26/h9,11-12,20,22-24,26-27H,6-8,10,13-17H2,1-5H3/b18-12-,19-9+,21-11-. The van der Waals surface area contributed by atoms with E-state index in [0.717, 1.165) is 43.3 Å². The number of aliphatic hydroxyl groups is 2. The number of aliphatic hydroxyl groups excluding tert-OH is 2. The fourth-order valence-electron chi connectivity index (χ4n) is 5.26. The molecule has 0 aliphatic heterocycles. The number of allylic oxidation sites excluding steroid dienone is 4. The van der Waals surface area contributed by atoms with Gasteiger partial charge >= 0.3 is 0 Å². The molecule has 2 heteroatoms. The van der Waals surface area contributed by atoms with Crippen LogP contribution in [0.25, 0.3) is 0 Å². The monoisotopic (exact) mass is 374 g/mol. The van der Waals surface area contributed by atoms with Crippen molar-refractivity contribution >= 4 is 0 Å².